The molecule has 0 bridgehead atoms. The lowest BCUT2D eigenvalue weighted by Gasteiger charge is -2.32. The van der Waals surface area contributed by atoms with Crippen LogP contribution in [0.3, 0.4) is 0 Å². The molecule has 1 saturated heterocycles. The molecule has 11 heavy (non-hydrogen) atoms. The van der Waals surface area contributed by atoms with Gasteiger partial charge in [-0.05, 0) is 6.54 Å². The van der Waals surface area contributed by atoms with Crippen molar-refractivity contribution in [3.63, 3.8) is 0 Å². The van der Waals surface area contributed by atoms with Crippen LogP contribution in [0.1, 0.15) is 6.42 Å². The van der Waals surface area contributed by atoms with Crippen LogP contribution < -0.4 is 5.32 Å². The summed E-state index contributed by atoms with van der Waals surface area (Å²) in [6.45, 7) is 2.23. The highest BCUT2D eigenvalue weighted by atomic mass is 16.4. The van der Waals surface area contributed by atoms with Gasteiger partial charge in [0.25, 0.3) is 0 Å². The Balaban J connectivity index is 2.35. The minimum atomic E-state index is -0.797. The molecule has 1 aliphatic heterocycles. The van der Waals surface area contributed by atoms with E-state index < -0.39 is 5.97 Å². The van der Waals surface area contributed by atoms with Crippen molar-refractivity contribution in [2.45, 2.75) is 12.5 Å². The second-order valence-electron chi connectivity index (χ2n) is 2.69. The monoisotopic (exact) mass is 154 g/mol. The molecule has 5 heteroatoms. The third-order valence-electron chi connectivity index (χ3n) is 1.81. The molecule has 0 saturated carbocycles. The molecular formula is C6H11BN2O2. The second-order valence-corrected chi connectivity index (χ2v) is 2.69. The van der Waals surface area contributed by atoms with Crippen LogP contribution in [0.25, 0.3) is 0 Å². The third kappa shape index (κ3) is 2.51. The zero-order valence-electron chi connectivity index (χ0n) is 6.29. The van der Waals surface area contributed by atoms with Gasteiger partial charge in [-0.1, -0.05) is 0 Å². The fourth-order valence-electron chi connectivity index (χ4n) is 1.17. The smallest absolute Gasteiger partial charge is 0.304 e. The molecule has 0 spiro atoms. The zero-order valence-corrected chi connectivity index (χ0v) is 6.29. The molecule has 0 amide bonds. The van der Waals surface area contributed by atoms with Gasteiger partial charge in [-0.3, -0.25) is 4.79 Å². The number of nitrogens with zero attached hydrogens (tertiary/aromatic N) is 1. The summed E-state index contributed by atoms with van der Waals surface area (Å²) in [4.78, 5) is 11.9. The third-order valence-corrected chi connectivity index (χ3v) is 1.81. The fourth-order valence-corrected chi connectivity index (χ4v) is 1.17. The lowest BCUT2D eigenvalue weighted by Crippen LogP contribution is -2.50. The maximum Gasteiger partial charge on any atom is 0.304 e. The van der Waals surface area contributed by atoms with Crippen molar-refractivity contribution in [3.05, 3.63) is 0 Å². The van der Waals surface area contributed by atoms with Gasteiger partial charge in [0, 0.05) is 19.1 Å². The molecule has 1 atom stereocenters. The number of carboxylic acids is 1. The SMILES string of the molecule is [B]N1CCNCC1CC(=O)O. The van der Waals surface area contributed by atoms with Crippen LogP contribution in [0.15, 0.2) is 0 Å². The highest BCUT2D eigenvalue weighted by molar-refractivity contribution is 6.04. The second kappa shape index (κ2) is 3.73. The molecule has 2 N–H and O–H groups in total. The molecule has 1 rings (SSSR count). The van der Waals surface area contributed by atoms with Crippen LogP contribution in [0.5, 0.6) is 0 Å². The molecule has 2 radical (unpaired) electrons. The average Bonchev–Trinajstić information content (AvgIpc) is 1.93. The van der Waals surface area contributed by atoms with Crippen LogP contribution in [0.2, 0.25) is 0 Å². The molecule has 1 unspecified atom stereocenters. The van der Waals surface area contributed by atoms with Crippen molar-refractivity contribution in [2.75, 3.05) is 19.6 Å². The van der Waals surface area contributed by atoms with E-state index in [4.69, 9.17) is 13.1 Å². The van der Waals surface area contributed by atoms with Crippen molar-refractivity contribution < 1.29 is 9.90 Å². The first-order valence-corrected chi connectivity index (χ1v) is 3.64. The van der Waals surface area contributed by atoms with E-state index in [2.05, 4.69) is 5.32 Å². The molecule has 0 aromatic heterocycles. The number of rotatable bonds is 2. The molecule has 0 aromatic carbocycles. The van der Waals surface area contributed by atoms with Gasteiger partial charge in [-0.2, -0.15) is 0 Å². The van der Waals surface area contributed by atoms with Crippen molar-refractivity contribution in [1.29, 1.82) is 0 Å². The van der Waals surface area contributed by atoms with E-state index in [1.54, 1.807) is 4.81 Å². The Hall–Kier alpha value is -0.545. The Morgan fingerprint density at radius 2 is 2.55 bits per heavy atom. The van der Waals surface area contributed by atoms with Gasteiger partial charge in [0.2, 0.25) is 0 Å². The van der Waals surface area contributed by atoms with E-state index in [0.717, 1.165) is 13.1 Å². The topological polar surface area (TPSA) is 52.6 Å². The first-order chi connectivity index (χ1) is 5.20. The number of aliphatic carboxylic acids is 1. The maximum atomic E-state index is 10.3. The Labute approximate surface area is 67.0 Å². The van der Waals surface area contributed by atoms with E-state index in [1.165, 1.54) is 0 Å². The summed E-state index contributed by atoms with van der Waals surface area (Å²) in [5.74, 6) is -0.797. The van der Waals surface area contributed by atoms with Crippen LogP contribution in [0.4, 0.5) is 0 Å². The predicted molar refractivity (Wildman–Crippen MR) is 41.4 cm³/mol. The van der Waals surface area contributed by atoms with Crippen LogP contribution in [-0.2, 0) is 4.79 Å². The van der Waals surface area contributed by atoms with Crippen molar-refractivity contribution >= 4 is 14.0 Å². The standard InChI is InChI=1S/C6H11BN2O2/c7-9-2-1-8-4-5(9)3-6(10)11/h5,8H,1-4H2,(H,10,11). The quantitative estimate of drug-likeness (QED) is 0.491. The molecule has 4 nitrogen and oxygen atoms in total. The summed E-state index contributed by atoms with van der Waals surface area (Å²) in [7, 11) is 5.56. The van der Waals surface area contributed by atoms with E-state index >= 15 is 0 Å². The molecule has 1 heterocycles. The largest absolute Gasteiger partial charge is 0.481 e. The van der Waals surface area contributed by atoms with Gasteiger partial charge in [-0.25, -0.2) is 0 Å². The summed E-state index contributed by atoms with van der Waals surface area (Å²) < 4.78 is 0. The zero-order chi connectivity index (χ0) is 8.27. The van der Waals surface area contributed by atoms with Gasteiger partial charge in [-0.15, -0.1) is 0 Å². The Kier molecular flexibility index (Phi) is 2.90. The molecule has 0 aliphatic carbocycles. The summed E-state index contributed by atoms with van der Waals surface area (Å²) >= 11 is 0. The Morgan fingerprint density at radius 1 is 1.82 bits per heavy atom. The van der Waals surface area contributed by atoms with Gasteiger partial charge < -0.3 is 15.2 Å². The first-order valence-electron chi connectivity index (χ1n) is 3.64. The Morgan fingerprint density at radius 3 is 3.09 bits per heavy atom. The highest BCUT2D eigenvalue weighted by Crippen LogP contribution is 2.02. The van der Waals surface area contributed by atoms with Crippen molar-refractivity contribution in [3.8, 4) is 0 Å². The molecule has 1 fully saturated rings. The van der Waals surface area contributed by atoms with Crippen LogP contribution in [-0.4, -0.2) is 49.5 Å². The fraction of sp³-hybridized carbons (Fsp3) is 0.833. The minimum absolute atomic E-state index is 0.0544. The Bertz CT molecular complexity index is 154. The van der Waals surface area contributed by atoms with Gasteiger partial charge in [0.15, 0.2) is 7.98 Å². The number of carboxylic acid groups (broad SMARTS) is 1. The number of piperazine rings is 1. The van der Waals surface area contributed by atoms with E-state index in [0.29, 0.717) is 6.54 Å². The molecule has 60 valence electrons. The van der Waals surface area contributed by atoms with Crippen molar-refractivity contribution in [2.24, 2.45) is 0 Å². The highest BCUT2D eigenvalue weighted by Gasteiger charge is 2.19. The van der Waals surface area contributed by atoms with Gasteiger partial charge in [0.05, 0.1) is 6.42 Å². The molecule has 0 aromatic rings. The van der Waals surface area contributed by atoms with Gasteiger partial charge >= 0.3 is 5.97 Å². The summed E-state index contributed by atoms with van der Waals surface area (Å²) in [6.07, 6.45) is 0.115. The number of carbonyl (C=O) groups is 1. The normalized spacial score (nSPS) is 26.7. The van der Waals surface area contributed by atoms with Crippen molar-refractivity contribution in [1.82, 2.24) is 10.1 Å². The number of hydrogen-bond acceptors (Lipinski definition) is 3. The lowest BCUT2D eigenvalue weighted by atomic mass is 10.1. The average molecular weight is 154 g/mol. The predicted octanol–water partition coefficient (Wildman–Crippen LogP) is -1.18. The van der Waals surface area contributed by atoms with Crippen LogP contribution in [0, 0.1) is 0 Å². The molecular weight excluding hydrogens is 143 g/mol. The lowest BCUT2D eigenvalue weighted by molar-refractivity contribution is -0.138. The first kappa shape index (κ1) is 8.55. The van der Waals surface area contributed by atoms with Gasteiger partial charge in [0.1, 0.15) is 0 Å². The van der Waals surface area contributed by atoms with Crippen LogP contribution >= 0.6 is 0 Å². The summed E-state index contributed by atoms with van der Waals surface area (Å²) in [5.41, 5.74) is 0. The molecule has 1 aliphatic rings. The minimum Gasteiger partial charge on any atom is -0.481 e. The number of nitrogens with one attached hydrogen (secondary N) is 1. The summed E-state index contributed by atoms with van der Waals surface area (Å²) in [6, 6.07) is -0.0544. The van der Waals surface area contributed by atoms with E-state index in [9.17, 15) is 4.79 Å². The van der Waals surface area contributed by atoms with E-state index in [1.807, 2.05) is 0 Å². The maximum absolute atomic E-state index is 10.3. The van der Waals surface area contributed by atoms with E-state index in [-0.39, 0.29) is 12.5 Å². The summed E-state index contributed by atoms with van der Waals surface area (Å²) in [5, 5.41) is 11.6. The number of hydrogen-bond donors (Lipinski definition) is 2.